The lowest BCUT2D eigenvalue weighted by Gasteiger charge is -2.18. The van der Waals surface area contributed by atoms with E-state index in [4.69, 9.17) is 5.73 Å². The van der Waals surface area contributed by atoms with Gasteiger partial charge in [-0.1, -0.05) is 20.8 Å². The van der Waals surface area contributed by atoms with E-state index in [-0.39, 0.29) is 23.9 Å². The molecule has 0 saturated carbocycles. The minimum Gasteiger partial charge on any atom is -0.352 e. The van der Waals surface area contributed by atoms with Gasteiger partial charge in [0.05, 0.1) is 6.04 Å². The molecule has 3 N–H and O–H groups in total. The summed E-state index contributed by atoms with van der Waals surface area (Å²) in [7, 11) is 0. The second-order valence-corrected chi connectivity index (χ2v) is 3.59. The Morgan fingerprint density at radius 2 is 1.92 bits per heavy atom. The summed E-state index contributed by atoms with van der Waals surface area (Å²) < 4.78 is 0. The minimum absolute atomic E-state index is 0.0423. The molecule has 3 nitrogen and oxygen atoms in total. The number of carbonyl (C=O) groups is 1. The largest absolute Gasteiger partial charge is 0.352 e. The second kappa shape index (κ2) is 5.14. The van der Waals surface area contributed by atoms with Crippen molar-refractivity contribution in [1.82, 2.24) is 5.32 Å². The molecular weight excluding hydrogens is 152 g/mol. The fraction of sp³-hybridized carbons (Fsp3) is 0.889. The van der Waals surface area contributed by atoms with Crippen molar-refractivity contribution in [3.63, 3.8) is 0 Å². The maximum Gasteiger partial charge on any atom is 0.237 e. The van der Waals surface area contributed by atoms with E-state index in [2.05, 4.69) is 5.32 Å². The molecule has 0 rings (SSSR count). The molecule has 0 radical (unpaired) electrons. The highest BCUT2D eigenvalue weighted by Crippen LogP contribution is 1.99. The maximum absolute atomic E-state index is 11.3. The van der Waals surface area contributed by atoms with Crippen LogP contribution in [0, 0.1) is 5.92 Å². The summed E-state index contributed by atoms with van der Waals surface area (Å²) in [5.74, 6) is 0.161. The first-order valence-electron chi connectivity index (χ1n) is 4.55. The first-order chi connectivity index (χ1) is 5.49. The average Bonchev–Trinajstić information content (AvgIpc) is 2.02. The Balaban J connectivity index is 3.87. The van der Waals surface area contributed by atoms with E-state index in [0.717, 1.165) is 6.42 Å². The van der Waals surface area contributed by atoms with E-state index in [1.807, 2.05) is 27.7 Å². The Morgan fingerprint density at radius 3 is 2.25 bits per heavy atom. The fourth-order valence-corrected chi connectivity index (χ4v) is 0.744. The Bertz CT molecular complexity index is 145. The fourth-order valence-electron chi connectivity index (χ4n) is 0.744. The predicted molar refractivity (Wildman–Crippen MR) is 50.7 cm³/mol. The number of carbonyl (C=O) groups excluding carboxylic acids is 1. The number of hydrogen-bond donors (Lipinski definition) is 2. The van der Waals surface area contributed by atoms with Crippen LogP contribution in [0.15, 0.2) is 0 Å². The van der Waals surface area contributed by atoms with Gasteiger partial charge < -0.3 is 11.1 Å². The third-order valence-corrected chi connectivity index (χ3v) is 2.02. The highest BCUT2D eigenvalue weighted by Gasteiger charge is 2.17. The molecule has 0 aliphatic rings. The lowest BCUT2D eigenvalue weighted by Crippen LogP contribution is -2.46. The van der Waals surface area contributed by atoms with Gasteiger partial charge in [-0.3, -0.25) is 4.79 Å². The molecule has 12 heavy (non-hydrogen) atoms. The molecule has 72 valence electrons. The topological polar surface area (TPSA) is 55.1 Å². The van der Waals surface area contributed by atoms with E-state index < -0.39 is 0 Å². The Labute approximate surface area is 74.7 Å². The van der Waals surface area contributed by atoms with Gasteiger partial charge in [0.15, 0.2) is 0 Å². The van der Waals surface area contributed by atoms with Gasteiger partial charge in [-0.05, 0) is 19.3 Å². The molecule has 0 fully saturated rings. The van der Waals surface area contributed by atoms with Crippen LogP contribution in [0.25, 0.3) is 0 Å². The van der Waals surface area contributed by atoms with Crippen molar-refractivity contribution in [2.24, 2.45) is 11.7 Å². The molecule has 0 spiro atoms. The van der Waals surface area contributed by atoms with E-state index in [1.54, 1.807) is 0 Å². The molecule has 1 amide bonds. The van der Waals surface area contributed by atoms with Gasteiger partial charge in [-0.15, -0.1) is 0 Å². The number of hydrogen-bond acceptors (Lipinski definition) is 2. The molecule has 0 aliphatic heterocycles. The van der Waals surface area contributed by atoms with Crippen LogP contribution < -0.4 is 11.1 Å². The number of nitrogens with one attached hydrogen (secondary N) is 1. The molecular formula is C9H20N2O. The van der Waals surface area contributed by atoms with E-state index >= 15 is 0 Å². The smallest absolute Gasteiger partial charge is 0.237 e. The second-order valence-electron chi connectivity index (χ2n) is 3.59. The molecule has 0 aromatic rings. The maximum atomic E-state index is 11.3. The van der Waals surface area contributed by atoms with Crippen molar-refractivity contribution in [2.45, 2.75) is 46.2 Å². The first-order valence-corrected chi connectivity index (χ1v) is 4.55. The van der Waals surface area contributed by atoms with Crippen LogP contribution in [-0.2, 0) is 4.79 Å². The van der Waals surface area contributed by atoms with E-state index in [9.17, 15) is 4.79 Å². The molecule has 0 aliphatic carbocycles. The van der Waals surface area contributed by atoms with E-state index in [0.29, 0.717) is 0 Å². The third kappa shape index (κ3) is 3.72. The summed E-state index contributed by atoms with van der Waals surface area (Å²) in [6, 6.07) is -0.152. The van der Waals surface area contributed by atoms with Crippen molar-refractivity contribution in [3.05, 3.63) is 0 Å². The van der Waals surface area contributed by atoms with Crippen molar-refractivity contribution in [3.8, 4) is 0 Å². The molecule has 0 aromatic carbocycles. The van der Waals surface area contributed by atoms with Gasteiger partial charge in [0.25, 0.3) is 0 Å². The molecule has 3 heteroatoms. The third-order valence-electron chi connectivity index (χ3n) is 2.02. The van der Waals surface area contributed by atoms with Crippen LogP contribution in [0.3, 0.4) is 0 Å². The number of amides is 1. The highest BCUT2D eigenvalue weighted by atomic mass is 16.2. The lowest BCUT2D eigenvalue weighted by atomic mass is 10.0. The molecule has 0 aromatic heterocycles. The summed E-state index contributed by atoms with van der Waals surface area (Å²) in [5, 5.41) is 2.85. The minimum atomic E-state index is -0.376. The standard InChI is InChI=1S/C9H20N2O/c1-5-7(4)11-9(12)8(10)6(2)3/h6-8H,5,10H2,1-4H3,(H,11,12). The molecule has 2 atom stereocenters. The normalized spacial score (nSPS) is 15.8. The molecule has 2 unspecified atom stereocenters. The van der Waals surface area contributed by atoms with Crippen molar-refractivity contribution in [1.29, 1.82) is 0 Å². The van der Waals surface area contributed by atoms with Gasteiger partial charge in [0.1, 0.15) is 0 Å². The molecule has 0 bridgehead atoms. The van der Waals surface area contributed by atoms with Crippen LogP contribution in [0.5, 0.6) is 0 Å². The zero-order valence-corrected chi connectivity index (χ0v) is 8.42. The zero-order valence-electron chi connectivity index (χ0n) is 8.42. The first kappa shape index (κ1) is 11.4. The predicted octanol–water partition coefficient (Wildman–Crippen LogP) is 0.884. The summed E-state index contributed by atoms with van der Waals surface area (Å²) in [5.41, 5.74) is 5.65. The summed E-state index contributed by atoms with van der Waals surface area (Å²) in [6.45, 7) is 7.90. The van der Waals surface area contributed by atoms with Gasteiger partial charge in [-0.2, -0.15) is 0 Å². The van der Waals surface area contributed by atoms with Crippen molar-refractivity contribution >= 4 is 5.91 Å². The number of nitrogens with two attached hydrogens (primary N) is 1. The highest BCUT2D eigenvalue weighted by molar-refractivity contribution is 5.81. The quantitative estimate of drug-likeness (QED) is 0.661. The summed E-state index contributed by atoms with van der Waals surface area (Å²) in [6.07, 6.45) is 0.941. The number of rotatable bonds is 4. The van der Waals surface area contributed by atoms with E-state index in [1.165, 1.54) is 0 Å². The monoisotopic (exact) mass is 172 g/mol. The van der Waals surface area contributed by atoms with Crippen LogP contribution in [-0.4, -0.2) is 18.0 Å². The molecule has 0 heterocycles. The Kier molecular flexibility index (Phi) is 4.90. The summed E-state index contributed by atoms with van der Waals surface area (Å²) >= 11 is 0. The van der Waals surface area contributed by atoms with Crippen LogP contribution in [0.4, 0.5) is 0 Å². The molecule has 0 saturated heterocycles. The summed E-state index contributed by atoms with van der Waals surface area (Å²) in [4.78, 5) is 11.3. The van der Waals surface area contributed by atoms with Crippen molar-refractivity contribution in [2.75, 3.05) is 0 Å². The average molecular weight is 172 g/mol. The SMILES string of the molecule is CCC(C)NC(=O)C(N)C(C)C. The Morgan fingerprint density at radius 1 is 1.42 bits per heavy atom. The lowest BCUT2D eigenvalue weighted by molar-refractivity contribution is -0.123. The van der Waals surface area contributed by atoms with Gasteiger partial charge in [0.2, 0.25) is 5.91 Å². The van der Waals surface area contributed by atoms with Gasteiger partial charge in [-0.25, -0.2) is 0 Å². The Hall–Kier alpha value is -0.570. The van der Waals surface area contributed by atoms with Gasteiger partial charge >= 0.3 is 0 Å². The zero-order chi connectivity index (χ0) is 9.72. The van der Waals surface area contributed by atoms with Crippen LogP contribution in [0.1, 0.15) is 34.1 Å². The van der Waals surface area contributed by atoms with Crippen LogP contribution in [0.2, 0.25) is 0 Å². The van der Waals surface area contributed by atoms with Crippen LogP contribution >= 0.6 is 0 Å². The van der Waals surface area contributed by atoms with Crippen molar-refractivity contribution < 1.29 is 4.79 Å². The van der Waals surface area contributed by atoms with Gasteiger partial charge in [0, 0.05) is 6.04 Å².